The molecule has 0 bridgehead atoms. The van der Waals surface area contributed by atoms with Crippen molar-refractivity contribution in [2.45, 2.75) is 12.0 Å². The molecule has 9 heteroatoms. The smallest absolute Gasteiger partial charge is 0.291 e. The van der Waals surface area contributed by atoms with Gasteiger partial charge in [0.15, 0.2) is 5.60 Å². The van der Waals surface area contributed by atoms with Crippen LogP contribution in [0.1, 0.15) is 16.2 Å². The van der Waals surface area contributed by atoms with Crippen LogP contribution in [0.3, 0.4) is 0 Å². The van der Waals surface area contributed by atoms with E-state index < -0.39 is 5.60 Å². The Labute approximate surface area is 184 Å². The average molecular weight is 438 g/mol. The number of carbonyl (C=O) groups excluding carboxylic acids is 2. The molecule has 1 aliphatic heterocycles. The highest BCUT2D eigenvalue weighted by Gasteiger charge is 2.45. The number of amides is 2. The largest absolute Gasteiger partial charge is 0.361 e. The molecule has 1 aromatic carbocycles. The summed E-state index contributed by atoms with van der Waals surface area (Å²) in [6.45, 7) is 4.70. The number of carbonyl (C=O) groups is 2. The monoisotopic (exact) mass is 437 g/mol. The molecule has 2 N–H and O–H groups in total. The molecule has 1 aliphatic rings. The van der Waals surface area contributed by atoms with Crippen molar-refractivity contribution < 1.29 is 14.3 Å². The van der Waals surface area contributed by atoms with E-state index in [-0.39, 0.29) is 30.8 Å². The van der Waals surface area contributed by atoms with Crippen molar-refractivity contribution >= 4 is 23.2 Å². The van der Waals surface area contributed by atoms with E-state index >= 15 is 0 Å². The predicted octanol–water partition coefficient (Wildman–Crippen LogP) is 2.29. The van der Waals surface area contributed by atoms with Gasteiger partial charge in [0, 0.05) is 24.4 Å². The van der Waals surface area contributed by atoms with E-state index in [0.29, 0.717) is 19.5 Å². The number of nitrogens with zero attached hydrogens (tertiary/aromatic N) is 3. The maximum atomic E-state index is 13.1. The molecule has 2 aromatic heterocycles. The quantitative estimate of drug-likeness (QED) is 0.553. The third kappa shape index (κ3) is 4.57. The Hall–Kier alpha value is -3.30. The zero-order valence-corrected chi connectivity index (χ0v) is 17.7. The van der Waals surface area contributed by atoms with Crippen molar-refractivity contribution in [2.24, 2.45) is 0 Å². The lowest BCUT2D eigenvalue weighted by Crippen LogP contribution is -2.62. The van der Waals surface area contributed by atoms with Gasteiger partial charge in [0.2, 0.25) is 5.82 Å². The molecule has 1 fully saturated rings. The Morgan fingerprint density at radius 2 is 2.16 bits per heavy atom. The van der Waals surface area contributed by atoms with Crippen LogP contribution < -0.4 is 5.32 Å². The number of morpholine rings is 1. The van der Waals surface area contributed by atoms with Crippen molar-refractivity contribution in [2.75, 3.05) is 26.2 Å². The van der Waals surface area contributed by atoms with E-state index in [1.54, 1.807) is 22.3 Å². The van der Waals surface area contributed by atoms with Gasteiger partial charge < -0.3 is 15.0 Å². The molecule has 3 aromatic rings. The molecule has 4 rings (SSSR count). The van der Waals surface area contributed by atoms with Crippen molar-refractivity contribution in [3.8, 4) is 10.4 Å². The van der Waals surface area contributed by atoms with Crippen molar-refractivity contribution in [1.82, 2.24) is 25.4 Å². The third-order valence-corrected chi connectivity index (χ3v) is 6.08. The molecule has 0 saturated carbocycles. The van der Waals surface area contributed by atoms with E-state index in [1.165, 1.54) is 11.2 Å². The number of nitrogens with one attached hydrogen (secondary N) is 2. The summed E-state index contributed by atoms with van der Waals surface area (Å²) in [5.41, 5.74) is 0.861. The molecule has 2 amide bonds. The van der Waals surface area contributed by atoms with Crippen molar-refractivity contribution in [3.05, 3.63) is 72.1 Å². The Morgan fingerprint density at radius 3 is 2.84 bits per heavy atom. The Bertz CT molecular complexity index is 1030. The summed E-state index contributed by atoms with van der Waals surface area (Å²) >= 11 is 1.68. The molecule has 3 heterocycles. The summed E-state index contributed by atoms with van der Waals surface area (Å²) in [4.78, 5) is 32.6. The number of hydrogen-bond acceptors (Lipinski definition) is 6. The average Bonchev–Trinajstić information content (AvgIpc) is 3.52. The van der Waals surface area contributed by atoms with Crippen LogP contribution in [-0.2, 0) is 16.0 Å². The minimum Gasteiger partial charge on any atom is -0.361 e. The molecule has 0 radical (unpaired) electrons. The van der Waals surface area contributed by atoms with E-state index in [9.17, 15) is 9.59 Å². The first-order valence-electron chi connectivity index (χ1n) is 9.92. The SMILES string of the molecule is C=CCNC(=O)C1(Cc2ccc(-c3cccs3)cc2)CN(C(=O)c2ncn[nH]2)CCO1. The summed E-state index contributed by atoms with van der Waals surface area (Å²) in [6.07, 6.45) is 3.23. The second-order valence-electron chi connectivity index (χ2n) is 7.25. The summed E-state index contributed by atoms with van der Waals surface area (Å²) in [5.74, 6) is -0.442. The highest BCUT2D eigenvalue weighted by Crippen LogP contribution is 2.28. The first kappa shape index (κ1) is 21.0. The Kier molecular flexibility index (Phi) is 6.24. The molecule has 160 valence electrons. The number of H-pyrrole nitrogens is 1. The fourth-order valence-electron chi connectivity index (χ4n) is 3.63. The first-order valence-corrected chi connectivity index (χ1v) is 10.8. The highest BCUT2D eigenvalue weighted by molar-refractivity contribution is 7.13. The van der Waals surface area contributed by atoms with Gasteiger partial charge in [-0.3, -0.25) is 14.7 Å². The van der Waals surface area contributed by atoms with Crippen molar-refractivity contribution in [1.29, 1.82) is 0 Å². The zero-order chi connectivity index (χ0) is 21.7. The van der Waals surface area contributed by atoms with Gasteiger partial charge in [0.25, 0.3) is 11.8 Å². The number of aromatic nitrogens is 3. The van der Waals surface area contributed by atoms with E-state index in [4.69, 9.17) is 4.74 Å². The highest BCUT2D eigenvalue weighted by atomic mass is 32.1. The molecule has 0 aliphatic carbocycles. The van der Waals surface area contributed by atoms with Crippen LogP contribution in [0.5, 0.6) is 0 Å². The molecule has 1 unspecified atom stereocenters. The van der Waals surface area contributed by atoms with Crippen LogP contribution in [0.2, 0.25) is 0 Å². The molecule has 1 saturated heterocycles. The van der Waals surface area contributed by atoms with Gasteiger partial charge in [-0.05, 0) is 22.6 Å². The van der Waals surface area contributed by atoms with E-state index in [2.05, 4.69) is 33.1 Å². The number of aromatic amines is 1. The third-order valence-electron chi connectivity index (χ3n) is 5.16. The van der Waals surface area contributed by atoms with Crippen LogP contribution >= 0.6 is 11.3 Å². The molecule has 0 spiro atoms. The van der Waals surface area contributed by atoms with Gasteiger partial charge >= 0.3 is 0 Å². The van der Waals surface area contributed by atoms with Gasteiger partial charge in [-0.2, -0.15) is 5.10 Å². The second kappa shape index (κ2) is 9.23. The minimum atomic E-state index is -1.21. The predicted molar refractivity (Wildman–Crippen MR) is 118 cm³/mol. The summed E-state index contributed by atoms with van der Waals surface area (Å²) in [7, 11) is 0. The molecular formula is C22H23N5O3S. The van der Waals surface area contributed by atoms with Crippen LogP contribution in [0.4, 0.5) is 0 Å². The normalized spacial score (nSPS) is 18.5. The van der Waals surface area contributed by atoms with Gasteiger partial charge in [-0.15, -0.1) is 17.9 Å². The Balaban J connectivity index is 1.58. The first-order chi connectivity index (χ1) is 15.1. The van der Waals surface area contributed by atoms with Gasteiger partial charge in [0.1, 0.15) is 6.33 Å². The fraction of sp³-hybridized carbons (Fsp3) is 0.273. The van der Waals surface area contributed by atoms with Crippen LogP contribution in [0.25, 0.3) is 10.4 Å². The van der Waals surface area contributed by atoms with Crippen molar-refractivity contribution in [3.63, 3.8) is 0 Å². The van der Waals surface area contributed by atoms with Gasteiger partial charge in [-0.25, -0.2) is 4.98 Å². The lowest BCUT2D eigenvalue weighted by Gasteiger charge is -2.41. The topological polar surface area (TPSA) is 100 Å². The summed E-state index contributed by atoms with van der Waals surface area (Å²) in [6, 6.07) is 12.2. The summed E-state index contributed by atoms with van der Waals surface area (Å²) in [5, 5.41) is 11.2. The number of thiophene rings is 1. The van der Waals surface area contributed by atoms with Crippen LogP contribution in [0, 0.1) is 0 Å². The maximum Gasteiger partial charge on any atom is 0.291 e. The lowest BCUT2D eigenvalue weighted by molar-refractivity contribution is -0.157. The molecular weight excluding hydrogens is 414 g/mol. The minimum absolute atomic E-state index is 0.113. The standard InChI is InChI=1S/C22H23N5O3S/c1-2-9-23-21(29)22(13-16-5-7-17(8-6-16)18-4-3-12-31-18)14-27(10-11-30-22)20(28)19-24-15-25-26-19/h2-8,12,15H,1,9-11,13-14H2,(H,23,29)(H,24,25,26). The van der Waals surface area contributed by atoms with E-state index in [1.807, 2.05) is 35.7 Å². The summed E-state index contributed by atoms with van der Waals surface area (Å²) < 4.78 is 6.04. The van der Waals surface area contributed by atoms with E-state index in [0.717, 1.165) is 11.1 Å². The number of hydrogen-bond donors (Lipinski definition) is 2. The lowest BCUT2D eigenvalue weighted by atomic mass is 9.90. The number of benzene rings is 1. The maximum absolute atomic E-state index is 13.1. The molecule has 1 atom stereocenters. The van der Waals surface area contributed by atoms with Gasteiger partial charge in [-0.1, -0.05) is 36.4 Å². The van der Waals surface area contributed by atoms with Crippen LogP contribution in [0.15, 0.2) is 60.8 Å². The van der Waals surface area contributed by atoms with Gasteiger partial charge in [0.05, 0.1) is 13.2 Å². The second-order valence-corrected chi connectivity index (χ2v) is 8.20. The Morgan fingerprint density at radius 1 is 1.32 bits per heavy atom. The molecule has 31 heavy (non-hydrogen) atoms. The number of ether oxygens (including phenoxy) is 1. The van der Waals surface area contributed by atoms with Crippen LogP contribution in [-0.4, -0.2) is 63.7 Å². The zero-order valence-electron chi connectivity index (χ0n) is 16.9. The molecule has 8 nitrogen and oxygen atoms in total. The number of rotatable bonds is 7. The fourth-order valence-corrected chi connectivity index (χ4v) is 4.36.